The Bertz CT molecular complexity index is 997. The molecular weight excluding hydrogens is 416 g/mol. The van der Waals surface area contributed by atoms with E-state index in [0.29, 0.717) is 32.0 Å². The van der Waals surface area contributed by atoms with Crippen molar-refractivity contribution in [3.63, 3.8) is 0 Å². The first-order valence-corrected chi connectivity index (χ1v) is 12.0. The Hall–Kier alpha value is -2.58. The SMILES string of the molecule is CCOc1c(C)cc(S(=O)(=O)NCC2CCN(C(=O)/C=C/c3ccco3)CC2)cc1C. The lowest BCUT2D eigenvalue weighted by atomic mass is 9.97. The molecule has 2 aromatic rings. The summed E-state index contributed by atoms with van der Waals surface area (Å²) < 4.78 is 39.1. The highest BCUT2D eigenvalue weighted by Gasteiger charge is 2.24. The molecule has 168 valence electrons. The van der Waals surface area contributed by atoms with Crippen LogP contribution in [0, 0.1) is 19.8 Å². The summed E-state index contributed by atoms with van der Waals surface area (Å²) in [5, 5.41) is 0. The topological polar surface area (TPSA) is 88.9 Å². The zero-order valence-corrected chi connectivity index (χ0v) is 19.1. The Morgan fingerprint density at radius 3 is 2.52 bits per heavy atom. The van der Waals surface area contributed by atoms with Gasteiger partial charge in [-0.1, -0.05) is 0 Å². The Balaban J connectivity index is 1.52. The quantitative estimate of drug-likeness (QED) is 0.627. The van der Waals surface area contributed by atoms with Crippen LogP contribution in [0.5, 0.6) is 5.75 Å². The number of likely N-dealkylation sites (tertiary alicyclic amines) is 1. The summed E-state index contributed by atoms with van der Waals surface area (Å²) in [5.74, 6) is 1.51. The summed E-state index contributed by atoms with van der Waals surface area (Å²) in [6.45, 7) is 7.71. The minimum atomic E-state index is -3.61. The van der Waals surface area contributed by atoms with E-state index in [-0.39, 0.29) is 16.7 Å². The second kappa shape index (κ2) is 10.2. The molecule has 31 heavy (non-hydrogen) atoms. The first-order valence-electron chi connectivity index (χ1n) is 10.5. The van der Waals surface area contributed by atoms with Gasteiger partial charge >= 0.3 is 0 Å². The molecule has 0 atom stereocenters. The van der Waals surface area contributed by atoms with Gasteiger partial charge in [0.05, 0.1) is 17.8 Å². The fourth-order valence-corrected chi connectivity index (χ4v) is 5.04. The average Bonchev–Trinajstić information content (AvgIpc) is 3.27. The number of nitrogens with zero attached hydrogens (tertiary/aromatic N) is 1. The first kappa shape index (κ1) is 23.1. The van der Waals surface area contributed by atoms with Gasteiger partial charge in [-0.25, -0.2) is 13.1 Å². The molecule has 0 saturated carbocycles. The number of hydrogen-bond acceptors (Lipinski definition) is 5. The van der Waals surface area contributed by atoms with Gasteiger partial charge < -0.3 is 14.1 Å². The van der Waals surface area contributed by atoms with Crippen LogP contribution in [0.2, 0.25) is 0 Å². The Morgan fingerprint density at radius 1 is 1.26 bits per heavy atom. The fourth-order valence-electron chi connectivity index (χ4n) is 3.75. The molecule has 1 aliphatic heterocycles. The van der Waals surface area contributed by atoms with Crippen molar-refractivity contribution in [2.75, 3.05) is 26.2 Å². The molecule has 1 saturated heterocycles. The number of ether oxygens (including phenoxy) is 1. The van der Waals surface area contributed by atoms with Crippen LogP contribution in [0.4, 0.5) is 0 Å². The van der Waals surface area contributed by atoms with E-state index in [2.05, 4.69) is 4.72 Å². The number of furan rings is 1. The summed E-state index contributed by atoms with van der Waals surface area (Å²) in [4.78, 5) is 14.3. The lowest BCUT2D eigenvalue weighted by Crippen LogP contribution is -2.40. The molecule has 1 aromatic carbocycles. The largest absolute Gasteiger partial charge is 0.493 e. The number of sulfonamides is 1. The van der Waals surface area contributed by atoms with E-state index in [1.54, 1.807) is 41.5 Å². The van der Waals surface area contributed by atoms with Crippen LogP contribution in [0.1, 0.15) is 36.7 Å². The van der Waals surface area contributed by atoms with Gasteiger partial charge in [-0.05, 0) is 81.0 Å². The van der Waals surface area contributed by atoms with Crippen molar-refractivity contribution in [3.05, 3.63) is 53.5 Å². The summed E-state index contributed by atoms with van der Waals surface area (Å²) in [7, 11) is -3.61. The molecule has 2 heterocycles. The van der Waals surface area contributed by atoms with Crippen molar-refractivity contribution < 1.29 is 22.4 Å². The smallest absolute Gasteiger partial charge is 0.246 e. The third kappa shape index (κ3) is 5.98. The Morgan fingerprint density at radius 2 is 1.94 bits per heavy atom. The van der Waals surface area contributed by atoms with Gasteiger partial charge in [0.25, 0.3) is 0 Å². The van der Waals surface area contributed by atoms with E-state index in [1.807, 2.05) is 20.8 Å². The van der Waals surface area contributed by atoms with Crippen molar-refractivity contribution in [3.8, 4) is 5.75 Å². The van der Waals surface area contributed by atoms with Crippen molar-refractivity contribution in [1.82, 2.24) is 9.62 Å². The zero-order valence-electron chi connectivity index (χ0n) is 18.3. The Labute approximate surface area is 184 Å². The lowest BCUT2D eigenvalue weighted by Gasteiger charge is -2.31. The van der Waals surface area contributed by atoms with Crippen molar-refractivity contribution in [2.45, 2.75) is 38.5 Å². The number of piperidine rings is 1. The van der Waals surface area contributed by atoms with Crippen LogP contribution in [0.25, 0.3) is 6.08 Å². The van der Waals surface area contributed by atoms with Gasteiger partial charge in [-0.15, -0.1) is 0 Å². The second-order valence-corrected chi connectivity index (χ2v) is 9.56. The van der Waals surface area contributed by atoms with Gasteiger partial charge in [0, 0.05) is 25.7 Å². The maximum Gasteiger partial charge on any atom is 0.246 e. The van der Waals surface area contributed by atoms with Crippen LogP contribution in [0.3, 0.4) is 0 Å². The molecule has 1 aliphatic rings. The summed E-state index contributed by atoms with van der Waals surface area (Å²) in [6, 6.07) is 6.85. The molecule has 0 aliphatic carbocycles. The average molecular weight is 447 g/mol. The van der Waals surface area contributed by atoms with Crippen molar-refractivity contribution in [1.29, 1.82) is 0 Å². The van der Waals surface area contributed by atoms with Crippen molar-refractivity contribution in [2.24, 2.45) is 5.92 Å². The summed E-state index contributed by atoms with van der Waals surface area (Å²) in [5.41, 5.74) is 1.60. The molecule has 3 rings (SSSR count). The lowest BCUT2D eigenvalue weighted by molar-refractivity contribution is -0.127. The first-order chi connectivity index (χ1) is 14.8. The number of carbonyl (C=O) groups is 1. The second-order valence-electron chi connectivity index (χ2n) is 7.79. The third-order valence-corrected chi connectivity index (χ3v) is 6.86. The third-order valence-electron chi connectivity index (χ3n) is 5.45. The highest BCUT2D eigenvalue weighted by atomic mass is 32.2. The molecule has 0 unspecified atom stereocenters. The Kier molecular flexibility index (Phi) is 7.56. The van der Waals surface area contributed by atoms with Crippen LogP contribution in [-0.2, 0) is 14.8 Å². The van der Waals surface area contributed by atoms with Gasteiger partial charge in [0.15, 0.2) is 0 Å². The highest BCUT2D eigenvalue weighted by molar-refractivity contribution is 7.89. The number of rotatable bonds is 8. The zero-order chi connectivity index (χ0) is 22.4. The van der Waals surface area contributed by atoms with Crippen LogP contribution >= 0.6 is 0 Å². The van der Waals surface area contributed by atoms with Gasteiger partial charge in [0.1, 0.15) is 11.5 Å². The molecule has 0 bridgehead atoms. The van der Waals surface area contributed by atoms with Gasteiger partial charge in [-0.2, -0.15) is 0 Å². The molecule has 1 N–H and O–H groups in total. The normalized spacial score (nSPS) is 15.5. The minimum Gasteiger partial charge on any atom is -0.493 e. The number of amides is 1. The number of nitrogens with one attached hydrogen (secondary N) is 1. The van der Waals surface area contributed by atoms with E-state index in [0.717, 1.165) is 29.7 Å². The number of hydrogen-bond donors (Lipinski definition) is 1. The summed E-state index contributed by atoms with van der Waals surface area (Å²) in [6.07, 6.45) is 6.24. The minimum absolute atomic E-state index is 0.0595. The predicted octanol–water partition coefficient (Wildman–Crippen LogP) is 3.53. The molecule has 8 heteroatoms. The molecule has 0 radical (unpaired) electrons. The van der Waals surface area contributed by atoms with E-state index in [9.17, 15) is 13.2 Å². The van der Waals surface area contributed by atoms with Crippen LogP contribution in [0.15, 0.2) is 45.9 Å². The molecule has 1 fully saturated rings. The van der Waals surface area contributed by atoms with E-state index >= 15 is 0 Å². The predicted molar refractivity (Wildman–Crippen MR) is 119 cm³/mol. The molecule has 7 nitrogen and oxygen atoms in total. The number of aryl methyl sites for hydroxylation is 2. The van der Waals surface area contributed by atoms with Crippen LogP contribution < -0.4 is 9.46 Å². The molecule has 1 aromatic heterocycles. The molecule has 1 amide bonds. The highest BCUT2D eigenvalue weighted by Crippen LogP contribution is 2.27. The summed E-state index contributed by atoms with van der Waals surface area (Å²) >= 11 is 0. The van der Waals surface area contributed by atoms with Gasteiger partial charge in [0.2, 0.25) is 15.9 Å². The number of benzene rings is 1. The standard InChI is InChI=1S/C23H30N2O5S/c1-4-29-23-17(2)14-21(15-18(23)3)31(27,28)24-16-19-9-11-25(12-10-19)22(26)8-7-20-6-5-13-30-20/h5-8,13-15,19,24H,4,9-12,16H2,1-3H3/b8-7+. The fraction of sp³-hybridized carbons (Fsp3) is 0.435. The van der Waals surface area contributed by atoms with Gasteiger partial charge in [-0.3, -0.25) is 4.79 Å². The van der Waals surface area contributed by atoms with E-state index < -0.39 is 10.0 Å². The maximum atomic E-state index is 12.8. The van der Waals surface area contributed by atoms with E-state index in [4.69, 9.17) is 9.15 Å². The van der Waals surface area contributed by atoms with Crippen molar-refractivity contribution >= 4 is 22.0 Å². The van der Waals surface area contributed by atoms with E-state index in [1.165, 1.54) is 6.08 Å². The van der Waals surface area contributed by atoms with Crippen LogP contribution in [-0.4, -0.2) is 45.5 Å². The molecule has 0 spiro atoms. The monoisotopic (exact) mass is 446 g/mol. The maximum absolute atomic E-state index is 12.8. The molecular formula is C23H30N2O5S. The number of carbonyl (C=O) groups excluding carboxylic acids is 1.